The lowest BCUT2D eigenvalue weighted by Gasteiger charge is -2.07. The summed E-state index contributed by atoms with van der Waals surface area (Å²) in [6.07, 6.45) is 5.27. The van der Waals surface area contributed by atoms with Crippen molar-refractivity contribution in [2.75, 3.05) is 0 Å². The standard InChI is InChI=1S/C15H9FN2O/c1-3-10-4-5-14(16)12(7-10)11-6-9(2)18-15(19)13(11)8-17/h1,4-7H,2H3,(H,18,19). The monoisotopic (exact) mass is 252 g/mol. The number of aromatic nitrogens is 1. The Morgan fingerprint density at radius 3 is 2.68 bits per heavy atom. The molecule has 0 spiro atoms. The van der Waals surface area contributed by atoms with E-state index in [4.69, 9.17) is 11.7 Å². The van der Waals surface area contributed by atoms with Crippen molar-refractivity contribution >= 4 is 0 Å². The number of hydrogen-bond acceptors (Lipinski definition) is 2. The average Bonchev–Trinajstić information content (AvgIpc) is 2.38. The van der Waals surface area contributed by atoms with Gasteiger partial charge < -0.3 is 4.98 Å². The minimum absolute atomic E-state index is 0.126. The van der Waals surface area contributed by atoms with Gasteiger partial charge >= 0.3 is 0 Å². The Hall–Kier alpha value is -2.85. The largest absolute Gasteiger partial charge is 0.325 e. The van der Waals surface area contributed by atoms with Gasteiger partial charge in [0.05, 0.1) is 0 Å². The van der Waals surface area contributed by atoms with Crippen LogP contribution < -0.4 is 5.56 Å². The lowest BCUT2D eigenvalue weighted by molar-refractivity contribution is 0.631. The van der Waals surface area contributed by atoms with Gasteiger partial charge in [0.25, 0.3) is 5.56 Å². The molecule has 2 rings (SSSR count). The van der Waals surface area contributed by atoms with Crippen LogP contribution in [0.2, 0.25) is 0 Å². The fourth-order valence-corrected chi connectivity index (χ4v) is 1.83. The van der Waals surface area contributed by atoms with E-state index in [-0.39, 0.29) is 16.7 Å². The maximum Gasteiger partial charge on any atom is 0.266 e. The molecule has 0 saturated heterocycles. The molecule has 0 aliphatic carbocycles. The molecule has 1 aromatic heterocycles. The highest BCUT2D eigenvalue weighted by Gasteiger charge is 2.14. The molecule has 0 aliphatic heterocycles. The molecule has 1 N–H and O–H groups in total. The Balaban J connectivity index is 2.83. The minimum Gasteiger partial charge on any atom is -0.325 e. The van der Waals surface area contributed by atoms with Crippen molar-refractivity contribution in [3.05, 3.63) is 57.3 Å². The van der Waals surface area contributed by atoms with Crippen molar-refractivity contribution in [2.45, 2.75) is 6.92 Å². The molecule has 0 unspecified atom stereocenters. The Morgan fingerprint density at radius 1 is 1.32 bits per heavy atom. The van der Waals surface area contributed by atoms with Gasteiger partial charge in [0.15, 0.2) is 0 Å². The second kappa shape index (κ2) is 4.80. The molecule has 92 valence electrons. The fraction of sp³-hybridized carbons (Fsp3) is 0.0667. The van der Waals surface area contributed by atoms with Gasteiger partial charge in [0, 0.05) is 22.4 Å². The van der Waals surface area contributed by atoms with Crippen LogP contribution >= 0.6 is 0 Å². The maximum absolute atomic E-state index is 13.9. The highest BCUT2D eigenvalue weighted by Crippen LogP contribution is 2.25. The number of pyridine rings is 1. The summed E-state index contributed by atoms with van der Waals surface area (Å²) in [7, 11) is 0. The molecule has 0 aliphatic rings. The Labute approximate surface area is 109 Å². The predicted octanol–water partition coefficient (Wildman–Crippen LogP) is 2.34. The molecular formula is C15H9FN2O. The molecule has 4 heteroatoms. The van der Waals surface area contributed by atoms with E-state index in [1.165, 1.54) is 18.2 Å². The molecule has 0 saturated carbocycles. The summed E-state index contributed by atoms with van der Waals surface area (Å²) in [5.74, 6) is 1.87. The number of H-pyrrole nitrogens is 1. The third-order valence-corrected chi connectivity index (χ3v) is 2.70. The molecule has 1 aromatic carbocycles. The maximum atomic E-state index is 13.9. The van der Waals surface area contributed by atoms with Crippen molar-refractivity contribution in [1.29, 1.82) is 5.26 Å². The lowest BCUT2D eigenvalue weighted by atomic mass is 9.99. The van der Waals surface area contributed by atoms with E-state index in [1.807, 2.05) is 0 Å². The number of hydrogen-bond donors (Lipinski definition) is 1. The SMILES string of the molecule is C#Cc1ccc(F)c(-c2cc(C)[nH]c(=O)c2C#N)c1. The average molecular weight is 252 g/mol. The topological polar surface area (TPSA) is 56.6 Å². The van der Waals surface area contributed by atoms with Crippen LogP contribution in [0.1, 0.15) is 16.8 Å². The van der Waals surface area contributed by atoms with E-state index in [2.05, 4.69) is 10.9 Å². The summed E-state index contributed by atoms with van der Waals surface area (Å²) in [4.78, 5) is 14.2. The van der Waals surface area contributed by atoms with Gasteiger partial charge in [-0.05, 0) is 31.2 Å². The normalized spacial score (nSPS) is 9.68. The highest BCUT2D eigenvalue weighted by molar-refractivity contribution is 5.72. The number of aromatic amines is 1. The summed E-state index contributed by atoms with van der Waals surface area (Å²) in [5.41, 5.74) is 0.768. The smallest absolute Gasteiger partial charge is 0.266 e. The van der Waals surface area contributed by atoms with E-state index in [1.54, 1.807) is 19.1 Å². The quantitative estimate of drug-likeness (QED) is 0.792. The highest BCUT2D eigenvalue weighted by atomic mass is 19.1. The van der Waals surface area contributed by atoms with Crippen LogP contribution in [0.3, 0.4) is 0 Å². The molecule has 0 atom stereocenters. The van der Waals surface area contributed by atoms with Gasteiger partial charge in [-0.2, -0.15) is 5.26 Å². The zero-order chi connectivity index (χ0) is 14.0. The molecule has 3 nitrogen and oxygen atoms in total. The summed E-state index contributed by atoms with van der Waals surface area (Å²) < 4.78 is 13.9. The third kappa shape index (κ3) is 2.25. The fourth-order valence-electron chi connectivity index (χ4n) is 1.83. The van der Waals surface area contributed by atoms with Gasteiger partial charge in [0.1, 0.15) is 17.4 Å². The van der Waals surface area contributed by atoms with E-state index < -0.39 is 11.4 Å². The van der Waals surface area contributed by atoms with Crippen LogP contribution in [0.25, 0.3) is 11.1 Å². The molecule has 19 heavy (non-hydrogen) atoms. The zero-order valence-corrected chi connectivity index (χ0v) is 10.1. The number of terminal acetylenes is 1. The van der Waals surface area contributed by atoms with Gasteiger partial charge in [0.2, 0.25) is 0 Å². The predicted molar refractivity (Wildman–Crippen MR) is 69.8 cm³/mol. The first-order chi connectivity index (χ1) is 9.06. The molecule has 0 bridgehead atoms. The molecule has 1 heterocycles. The number of nitriles is 1. The molecule has 0 radical (unpaired) electrons. The van der Waals surface area contributed by atoms with Crippen LogP contribution in [0.5, 0.6) is 0 Å². The minimum atomic E-state index is -0.539. The van der Waals surface area contributed by atoms with Crippen molar-refractivity contribution in [1.82, 2.24) is 4.98 Å². The molecule has 0 fully saturated rings. The Kier molecular flexibility index (Phi) is 3.18. The third-order valence-electron chi connectivity index (χ3n) is 2.70. The summed E-state index contributed by atoms with van der Waals surface area (Å²) in [5, 5.41) is 9.04. The van der Waals surface area contributed by atoms with Crippen molar-refractivity contribution in [3.63, 3.8) is 0 Å². The second-order valence-corrected chi connectivity index (χ2v) is 4.02. The first-order valence-corrected chi connectivity index (χ1v) is 5.47. The Morgan fingerprint density at radius 2 is 2.05 bits per heavy atom. The number of nitrogens with one attached hydrogen (secondary N) is 1. The first kappa shape index (κ1) is 12.6. The summed E-state index contributed by atoms with van der Waals surface area (Å²) in [6.45, 7) is 1.66. The number of benzene rings is 1. The Bertz CT molecular complexity index is 791. The number of rotatable bonds is 1. The lowest BCUT2D eigenvalue weighted by Crippen LogP contribution is -2.13. The molecule has 2 aromatic rings. The van der Waals surface area contributed by atoms with E-state index in [9.17, 15) is 9.18 Å². The van der Waals surface area contributed by atoms with Gasteiger partial charge in [-0.1, -0.05) is 5.92 Å². The van der Waals surface area contributed by atoms with Crippen LogP contribution in [0.15, 0.2) is 29.1 Å². The molecule has 0 amide bonds. The van der Waals surface area contributed by atoms with Crippen molar-refractivity contribution < 1.29 is 4.39 Å². The van der Waals surface area contributed by atoms with Crippen molar-refractivity contribution in [3.8, 4) is 29.5 Å². The van der Waals surface area contributed by atoms with Crippen LogP contribution in [-0.4, -0.2) is 4.98 Å². The second-order valence-electron chi connectivity index (χ2n) is 4.02. The van der Waals surface area contributed by atoms with Crippen molar-refractivity contribution in [2.24, 2.45) is 0 Å². The summed E-state index contributed by atoms with van der Waals surface area (Å²) in [6, 6.07) is 7.48. The number of aryl methyl sites for hydroxylation is 1. The summed E-state index contributed by atoms with van der Waals surface area (Å²) >= 11 is 0. The van der Waals surface area contributed by atoms with Crippen LogP contribution in [-0.2, 0) is 0 Å². The first-order valence-electron chi connectivity index (χ1n) is 5.47. The van der Waals surface area contributed by atoms with E-state index in [0.29, 0.717) is 11.3 Å². The van der Waals surface area contributed by atoms with E-state index >= 15 is 0 Å². The van der Waals surface area contributed by atoms with E-state index in [0.717, 1.165) is 0 Å². The van der Waals surface area contributed by atoms with Crippen LogP contribution in [0, 0.1) is 36.4 Å². The van der Waals surface area contributed by atoms with Crippen LogP contribution in [0.4, 0.5) is 4.39 Å². The molecular weight excluding hydrogens is 243 g/mol. The zero-order valence-electron chi connectivity index (χ0n) is 10.1. The van der Waals surface area contributed by atoms with Gasteiger partial charge in [-0.3, -0.25) is 4.79 Å². The van der Waals surface area contributed by atoms with Gasteiger partial charge in [-0.25, -0.2) is 4.39 Å². The van der Waals surface area contributed by atoms with Gasteiger partial charge in [-0.15, -0.1) is 6.42 Å². The number of halogens is 1. The number of nitrogens with zero attached hydrogens (tertiary/aromatic N) is 1.